The Kier molecular flexibility index (Phi) is 3.41. The highest BCUT2D eigenvalue weighted by Gasteiger charge is 2.26. The molecule has 1 fully saturated rings. The van der Waals surface area contributed by atoms with Gasteiger partial charge in [-0.15, -0.1) is 0 Å². The van der Waals surface area contributed by atoms with Crippen LogP contribution in [0.4, 0.5) is 5.82 Å². The highest BCUT2D eigenvalue weighted by molar-refractivity contribution is 6.31. The summed E-state index contributed by atoms with van der Waals surface area (Å²) in [6, 6.07) is 0. The summed E-state index contributed by atoms with van der Waals surface area (Å²) < 4.78 is 2.13. The van der Waals surface area contributed by atoms with Crippen LogP contribution in [0.3, 0.4) is 0 Å². The molecule has 2 aromatic rings. The smallest absolute Gasteiger partial charge is 0.149 e. The summed E-state index contributed by atoms with van der Waals surface area (Å²) in [6.45, 7) is 0. The summed E-state index contributed by atoms with van der Waals surface area (Å²) in [5, 5.41) is 0.847. The van der Waals surface area contributed by atoms with Gasteiger partial charge in [-0.2, -0.15) is 0 Å². The van der Waals surface area contributed by atoms with Gasteiger partial charge in [0.1, 0.15) is 17.2 Å². The second kappa shape index (κ2) is 5.43. The first-order chi connectivity index (χ1) is 10.7. The van der Waals surface area contributed by atoms with Crippen molar-refractivity contribution in [2.45, 2.75) is 44.4 Å². The molecule has 4 rings (SSSR count). The standard InChI is InChI=1S/C17H19ClN4/c18-13-7-2-1-4-12(13)10-14-15-16(19)20-8-9-22(15)17(21-14)11-5-3-6-11/h2,7-9,11H,1,3-6,10H2,(H2,19,20). The molecule has 2 aliphatic carbocycles. The van der Waals surface area contributed by atoms with Crippen molar-refractivity contribution in [3.05, 3.63) is 46.7 Å². The fourth-order valence-corrected chi connectivity index (χ4v) is 3.55. The van der Waals surface area contributed by atoms with E-state index in [9.17, 15) is 0 Å². The minimum atomic E-state index is 0.554. The maximum Gasteiger partial charge on any atom is 0.149 e. The number of nitrogens with two attached hydrogens (primary N) is 1. The molecule has 1 saturated carbocycles. The van der Waals surface area contributed by atoms with Crippen LogP contribution < -0.4 is 5.73 Å². The van der Waals surface area contributed by atoms with Gasteiger partial charge in [-0.05, 0) is 37.3 Å². The molecule has 4 nitrogen and oxygen atoms in total. The van der Waals surface area contributed by atoms with Crippen LogP contribution in [0.5, 0.6) is 0 Å². The zero-order valence-electron chi connectivity index (χ0n) is 12.4. The molecule has 2 N–H and O–H groups in total. The van der Waals surface area contributed by atoms with Gasteiger partial charge in [-0.3, -0.25) is 4.40 Å². The highest BCUT2D eigenvalue weighted by atomic mass is 35.5. The van der Waals surface area contributed by atoms with E-state index < -0.39 is 0 Å². The fraction of sp³-hybridized carbons (Fsp3) is 0.412. The third kappa shape index (κ3) is 2.22. The number of hydrogen-bond acceptors (Lipinski definition) is 3. The summed E-state index contributed by atoms with van der Waals surface area (Å²) in [6.07, 6.45) is 14.4. The molecule has 2 aliphatic rings. The Morgan fingerprint density at radius 1 is 1.36 bits per heavy atom. The van der Waals surface area contributed by atoms with E-state index in [4.69, 9.17) is 22.3 Å². The van der Waals surface area contributed by atoms with Crippen LogP contribution in [0, 0.1) is 0 Å². The van der Waals surface area contributed by atoms with Crippen LogP contribution in [0.1, 0.15) is 49.5 Å². The van der Waals surface area contributed by atoms with E-state index in [1.165, 1.54) is 24.8 Å². The number of allylic oxidation sites excluding steroid dienone is 4. The van der Waals surface area contributed by atoms with Crippen molar-refractivity contribution >= 4 is 22.9 Å². The molecule has 0 spiro atoms. The number of aromatic nitrogens is 3. The van der Waals surface area contributed by atoms with Crippen molar-refractivity contribution in [2.75, 3.05) is 5.73 Å². The quantitative estimate of drug-likeness (QED) is 0.932. The topological polar surface area (TPSA) is 56.2 Å². The van der Waals surface area contributed by atoms with Gasteiger partial charge in [0.25, 0.3) is 0 Å². The second-order valence-corrected chi connectivity index (χ2v) is 6.55. The first kappa shape index (κ1) is 13.8. The van der Waals surface area contributed by atoms with Crippen molar-refractivity contribution in [2.24, 2.45) is 0 Å². The van der Waals surface area contributed by atoms with Gasteiger partial charge >= 0.3 is 0 Å². The van der Waals surface area contributed by atoms with Crippen molar-refractivity contribution in [3.63, 3.8) is 0 Å². The van der Waals surface area contributed by atoms with E-state index in [0.717, 1.165) is 41.3 Å². The largest absolute Gasteiger partial charge is 0.382 e. The van der Waals surface area contributed by atoms with Gasteiger partial charge in [0.05, 0.1) is 5.69 Å². The SMILES string of the molecule is Nc1nccn2c(C3CCC3)nc(CC3=C(Cl)C=CCC3)c12. The molecule has 22 heavy (non-hydrogen) atoms. The van der Waals surface area contributed by atoms with Gasteiger partial charge in [-0.25, -0.2) is 9.97 Å². The molecule has 0 atom stereocenters. The molecule has 2 aromatic heterocycles. The lowest BCUT2D eigenvalue weighted by atomic mass is 9.85. The maximum absolute atomic E-state index is 6.34. The maximum atomic E-state index is 6.34. The Hall–Kier alpha value is -1.81. The zero-order chi connectivity index (χ0) is 15.1. The molecular formula is C17H19ClN4. The lowest BCUT2D eigenvalue weighted by Gasteiger charge is -2.23. The normalized spacial score (nSPS) is 19.0. The van der Waals surface area contributed by atoms with Gasteiger partial charge < -0.3 is 5.73 Å². The lowest BCUT2D eigenvalue weighted by Crippen LogP contribution is -2.12. The molecule has 0 aromatic carbocycles. The van der Waals surface area contributed by atoms with Crippen molar-refractivity contribution in [1.82, 2.24) is 14.4 Å². The predicted molar refractivity (Wildman–Crippen MR) is 88.9 cm³/mol. The molecule has 5 heteroatoms. The Bertz CT molecular complexity index is 783. The minimum absolute atomic E-state index is 0.554. The van der Waals surface area contributed by atoms with Gasteiger partial charge in [-0.1, -0.05) is 24.1 Å². The molecule has 0 unspecified atom stereocenters. The average molecular weight is 315 g/mol. The lowest BCUT2D eigenvalue weighted by molar-refractivity contribution is 0.400. The monoisotopic (exact) mass is 314 g/mol. The van der Waals surface area contributed by atoms with Gasteiger partial charge in [0.2, 0.25) is 0 Å². The molecular weight excluding hydrogens is 296 g/mol. The number of nitrogens with zero attached hydrogens (tertiary/aromatic N) is 3. The number of hydrogen-bond donors (Lipinski definition) is 1. The Labute approximate surface area is 134 Å². The van der Waals surface area contributed by atoms with Crippen LogP contribution >= 0.6 is 11.6 Å². The third-order valence-corrected chi connectivity index (χ3v) is 5.14. The molecule has 114 valence electrons. The van der Waals surface area contributed by atoms with Crippen LogP contribution in [-0.4, -0.2) is 14.4 Å². The summed E-state index contributed by atoms with van der Waals surface area (Å²) in [5.41, 5.74) is 9.34. The minimum Gasteiger partial charge on any atom is -0.382 e. The summed E-state index contributed by atoms with van der Waals surface area (Å²) in [7, 11) is 0. The molecule has 0 amide bonds. The molecule has 0 saturated heterocycles. The molecule has 0 radical (unpaired) electrons. The van der Waals surface area contributed by atoms with Gasteiger partial charge in [0.15, 0.2) is 0 Å². The number of rotatable bonds is 3. The molecule has 0 aliphatic heterocycles. The highest BCUT2D eigenvalue weighted by Crippen LogP contribution is 2.38. The van der Waals surface area contributed by atoms with Crippen LogP contribution in [0.15, 0.2) is 35.2 Å². The summed E-state index contributed by atoms with van der Waals surface area (Å²) >= 11 is 6.34. The number of fused-ring (bicyclic) bond motifs is 1. The predicted octanol–water partition coefficient (Wildman–Crippen LogP) is 3.96. The first-order valence-corrected chi connectivity index (χ1v) is 8.27. The number of halogens is 1. The third-order valence-electron chi connectivity index (χ3n) is 4.75. The van der Waals surface area contributed by atoms with Crippen LogP contribution in [0.2, 0.25) is 0 Å². The van der Waals surface area contributed by atoms with Crippen LogP contribution in [0.25, 0.3) is 5.52 Å². The molecule has 2 heterocycles. The van der Waals surface area contributed by atoms with E-state index in [1.54, 1.807) is 6.20 Å². The number of anilines is 1. The van der Waals surface area contributed by atoms with Crippen molar-refractivity contribution in [1.29, 1.82) is 0 Å². The zero-order valence-corrected chi connectivity index (χ0v) is 13.2. The van der Waals surface area contributed by atoms with E-state index in [2.05, 4.69) is 15.5 Å². The fourth-order valence-electron chi connectivity index (χ4n) is 3.30. The van der Waals surface area contributed by atoms with E-state index >= 15 is 0 Å². The van der Waals surface area contributed by atoms with Gasteiger partial charge in [0, 0.05) is 29.8 Å². The number of nitrogen functional groups attached to an aromatic ring is 1. The number of imidazole rings is 1. The molecule has 0 bridgehead atoms. The van der Waals surface area contributed by atoms with Crippen LogP contribution in [-0.2, 0) is 6.42 Å². The van der Waals surface area contributed by atoms with E-state index in [-0.39, 0.29) is 0 Å². The van der Waals surface area contributed by atoms with Crippen molar-refractivity contribution in [3.8, 4) is 0 Å². The average Bonchev–Trinajstić information content (AvgIpc) is 2.80. The Morgan fingerprint density at radius 2 is 2.23 bits per heavy atom. The second-order valence-electron chi connectivity index (χ2n) is 6.14. The first-order valence-electron chi connectivity index (χ1n) is 7.89. The summed E-state index contributed by atoms with van der Waals surface area (Å²) in [5.74, 6) is 2.24. The van der Waals surface area contributed by atoms with Crippen molar-refractivity contribution < 1.29 is 0 Å². The van der Waals surface area contributed by atoms with E-state index in [0.29, 0.717) is 11.7 Å². The summed E-state index contributed by atoms with van der Waals surface area (Å²) in [4.78, 5) is 9.18. The Balaban J connectivity index is 1.81. The van der Waals surface area contributed by atoms with E-state index in [1.807, 2.05) is 12.3 Å². The Morgan fingerprint density at radius 3 is 2.95 bits per heavy atom.